The first-order valence-corrected chi connectivity index (χ1v) is 7.46. The van der Waals surface area contributed by atoms with Gasteiger partial charge < -0.3 is 5.11 Å². The van der Waals surface area contributed by atoms with Crippen molar-refractivity contribution in [2.24, 2.45) is 0 Å². The Hall–Kier alpha value is -1.71. The molecule has 20 heavy (non-hydrogen) atoms. The van der Waals surface area contributed by atoms with Crippen molar-refractivity contribution in [3.05, 3.63) is 64.2 Å². The van der Waals surface area contributed by atoms with Crippen LogP contribution in [0.4, 0.5) is 0 Å². The molecule has 0 saturated heterocycles. The van der Waals surface area contributed by atoms with Crippen LogP contribution in [0, 0.1) is 0 Å². The van der Waals surface area contributed by atoms with Crippen LogP contribution in [0.3, 0.4) is 0 Å². The van der Waals surface area contributed by atoms with Gasteiger partial charge in [0.2, 0.25) is 0 Å². The second kappa shape index (κ2) is 5.35. The van der Waals surface area contributed by atoms with Crippen LogP contribution in [-0.4, -0.2) is 16.6 Å². The van der Waals surface area contributed by atoms with Gasteiger partial charge in [0.15, 0.2) is 5.78 Å². The highest BCUT2D eigenvalue weighted by Gasteiger charge is 2.22. The Morgan fingerprint density at radius 2 is 1.90 bits per heavy atom. The molecule has 1 N–H and O–H groups in total. The number of fused-ring (bicyclic) bond motifs is 1. The maximum atomic E-state index is 12.5. The normalized spacial score (nSPS) is 16.2. The van der Waals surface area contributed by atoms with Gasteiger partial charge in [-0.3, -0.25) is 4.79 Å². The van der Waals surface area contributed by atoms with Crippen LogP contribution in [0.15, 0.2) is 52.9 Å². The van der Waals surface area contributed by atoms with Crippen LogP contribution < -0.4 is 0 Å². The molecular formula is C16H11ClO2S. The van der Waals surface area contributed by atoms with Crippen molar-refractivity contribution in [3.8, 4) is 5.75 Å². The van der Waals surface area contributed by atoms with Crippen LogP contribution in [0.1, 0.15) is 15.9 Å². The first kappa shape index (κ1) is 13.3. The molecule has 1 aliphatic heterocycles. The third-order valence-electron chi connectivity index (χ3n) is 3.10. The number of phenols is 1. The molecule has 4 heteroatoms. The molecule has 0 radical (unpaired) electrons. The molecule has 3 rings (SSSR count). The average Bonchev–Trinajstić information content (AvgIpc) is 2.45. The average molecular weight is 303 g/mol. The van der Waals surface area contributed by atoms with Gasteiger partial charge >= 0.3 is 0 Å². The molecule has 0 aliphatic carbocycles. The van der Waals surface area contributed by atoms with Crippen molar-refractivity contribution in [1.29, 1.82) is 0 Å². The third kappa shape index (κ3) is 2.60. The van der Waals surface area contributed by atoms with Gasteiger partial charge in [-0.25, -0.2) is 0 Å². The van der Waals surface area contributed by atoms with E-state index >= 15 is 0 Å². The monoisotopic (exact) mass is 302 g/mol. The number of benzene rings is 2. The highest BCUT2D eigenvalue weighted by Crippen LogP contribution is 2.34. The zero-order valence-electron chi connectivity index (χ0n) is 10.5. The molecule has 2 nitrogen and oxygen atoms in total. The van der Waals surface area contributed by atoms with Crippen molar-refractivity contribution in [2.45, 2.75) is 4.90 Å². The van der Waals surface area contributed by atoms with E-state index in [1.807, 2.05) is 12.1 Å². The van der Waals surface area contributed by atoms with Crippen molar-refractivity contribution in [1.82, 2.24) is 0 Å². The fourth-order valence-corrected chi connectivity index (χ4v) is 3.25. The summed E-state index contributed by atoms with van der Waals surface area (Å²) in [5.74, 6) is 0.886. The Kier molecular flexibility index (Phi) is 3.55. The molecule has 0 amide bonds. The molecule has 2 aromatic rings. The summed E-state index contributed by atoms with van der Waals surface area (Å²) in [7, 11) is 0. The number of aromatic hydroxyl groups is 1. The number of phenolic OH excluding ortho intramolecular Hbond substituents is 1. The van der Waals surface area contributed by atoms with E-state index in [0.717, 1.165) is 16.0 Å². The predicted octanol–water partition coefficient (Wildman–Crippen LogP) is 4.42. The molecule has 0 bridgehead atoms. The molecule has 2 aromatic carbocycles. The summed E-state index contributed by atoms with van der Waals surface area (Å²) in [5.41, 5.74) is 2.31. The maximum absolute atomic E-state index is 12.5. The summed E-state index contributed by atoms with van der Waals surface area (Å²) in [6, 6.07) is 12.2. The van der Waals surface area contributed by atoms with E-state index in [1.54, 1.807) is 48.2 Å². The third-order valence-corrected chi connectivity index (χ3v) is 4.45. The Labute approximate surface area is 126 Å². The van der Waals surface area contributed by atoms with Crippen LogP contribution in [-0.2, 0) is 0 Å². The van der Waals surface area contributed by atoms with E-state index < -0.39 is 0 Å². The van der Waals surface area contributed by atoms with Gasteiger partial charge in [0.1, 0.15) is 5.75 Å². The Morgan fingerprint density at radius 3 is 2.65 bits per heavy atom. The lowest BCUT2D eigenvalue weighted by Crippen LogP contribution is -2.12. The van der Waals surface area contributed by atoms with Crippen molar-refractivity contribution >= 4 is 35.2 Å². The Bertz CT molecular complexity index is 705. The number of rotatable bonds is 1. The largest absolute Gasteiger partial charge is 0.508 e. The molecule has 0 atom stereocenters. The summed E-state index contributed by atoms with van der Waals surface area (Å²) in [4.78, 5) is 13.4. The first-order valence-electron chi connectivity index (χ1n) is 6.10. The number of hydrogen-bond acceptors (Lipinski definition) is 3. The molecule has 0 unspecified atom stereocenters. The molecule has 0 fully saturated rings. The van der Waals surface area contributed by atoms with Crippen molar-refractivity contribution in [2.75, 3.05) is 5.75 Å². The van der Waals surface area contributed by atoms with E-state index in [-0.39, 0.29) is 11.5 Å². The minimum atomic E-state index is 0.0225. The number of thioether (sulfide) groups is 1. The van der Waals surface area contributed by atoms with E-state index in [0.29, 0.717) is 16.3 Å². The lowest BCUT2D eigenvalue weighted by Gasteiger charge is -2.17. The fraction of sp³-hybridized carbons (Fsp3) is 0.0625. The summed E-state index contributed by atoms with van der Waals surface area (Å²) in [6.07, 6.45) is 1.86. The van der Waals surface area contributed by atoms with E-state index in [9.17, 15) is 9.90 Å². The highest BCUT2D eigenvalue weighted by molar-refractivity contribution is 7.99. The zero-order valence-corrected chi connectivity index (χ0v) is 12.0. The zero-order chi connectivity index (χ0) is 14.1. The molecule has 0 saturated carbocycles. The number of ketones is 1. The second-order valence-corrected chi connectivity index (χ2v) is 5.97. The number of hydrogen-bond donors (Lipinski definition) is 1. The summed E-state index contributed by atoms with van der Waals surface area (Å²) < 4.78 is 0. The SMILES string of the molecule is O=C1/C(=C\c2ccc(O)cc2)CSc2ccc(Cl)cc21. The molecule has 1 heterocycles. The van der Waals surface area contributed by atoms with Gasteiger partial charge in [0, 0.05) is 26.8 Å². The van der Waals surface area contributed by atoms with E-state index in [2.05, 4.69) is 0 Å². The van der Waals surface area contributed by atoms with Crippen LogP contribution >= 0.6 is 23.4 Å². The fourth-order valence-electron chi connectivity index (χ4n) is 2.08. The standard InChI is InChI=1S/C16H11ClO2S/c17-12-3-6-15-14(8-12)16(19)11(9-20-15)7-10-1-4-13(18)5-2-10/h1-8,18H,9H2/b11-7-. The smallest absolute Gasteiger partial charge is 0.191 e. The number of halogens is 1. The number of carbonyl (C=O) groups excluding carboxylic acids is 1. The van der Waals surface area contributed by atoms with Crippen molar-refractivity contribution < 1.29 is 9.90 Å². The lowest BCUT2D eigenvalue weighted by atomic mass is 10.0. The molecule has 100 valence electrons. The minimum Gasteiger partial charge on any atom is -0.508 e. The van der Waals surface area contributed by atoms with Crippen LogP contribution in [0.25, 0.3) is 6.08 Å². The molecular weight excluding hydrogens is 292 g/mol. The first-order chi connectivity index (χ1) is 9.63. The second-order valence-electron chi connectivity index (χ2n) is 4.52. The topological polar surface area (TPSA) is 37.3 Å². The van der Waals surface area contributed by atoms with Crippen molar-refractivity contribution in [3.63, 3.8) is 0 Å². The van der Waals surface area contributed by atoms with Gasteiger partial charge in [-0.1, -0.05) is 23.7 Å². The highest BCUT2D eigenvalue weighted by atomic mass is 35.5. The summed E-state index contributed by atoms with van der Waals surface area (Å²) in [6.45, 7) is 0. The lowest BCUT2D eigenvalue weighted by molar-refractivity contribution is 0.103. The van der Waals surface area contributed by atoms with Gasteiger partial charge in [0.25, 0.3) is 0 Å². The van der Waals surface area contributed by atoms with Gasteiger partial charge in [0.05, 0.1) is 0 Å². The van der Waals surface area contributed by atoms with E-state index in [4.69, 9.17) is 11.6 Å². The van der Waals surface area contributed by atoms with Crippen LogP contribution in [0.2, 0.25) is 5.02 Å². The molecule has 0 aromatic heterocycles. The number of Topliss-reactive ketones (excluding diaryl/α,β-unsaturated/α-hetero) is 1. The van der Waals surface area contributed by atoms with Crippen LogP contribution in [0.5, 0.6) is 5.75 Å². The Morgan fingerprint density at radius 1 is 1.15 bits per heavy atom. The minimum absolute atomic E-state index is 0.0225. The summed E-state index contributed by atoms with van der Waals surface area (Å²) in [5, 5.41) is 9.84. The van der Waals surface area contributed by atoms with Gasteiger partial charge in [-0.05, 0) is 42.0 Å². The maximum Gasteiger partial charge on any atom is 0.191 e. The molecule has 1 aliphatic rings. The summed E-state index contributed by atoms with van der Waals surface area (Å²) >= 11 is 7.59. The number of carbonyl (C=O) groups is 1. The van der Waals surface area contributed by atoms with Gasteiger partial charge in [-0.2, -0.15) is 0 Å². The Balaban J connectivity index is 1.97. The molecule has 0 spiro atoms. The van der Waals surface area contributed by atoms with E-state index in [1.165, 1.54) is 0 Å². The quantitative estimate of drug-likeness (QED) is 0.792. The van der Waals surface area contributed by atoms with Gasteiger partial charge in [-0.15, -0.1) is 11.8 Å². The predicted molar refractivity (Wildman–Crippen MR) is 82.6 cm³/mol.